The van der Waals surface area contributed by atoms with E-state index < -0.39 is 0 Å². The van der Waals surface area contributed by atoms with E-state index in [-0.39, 0.29) is 4.83 Å². The maximum atomic E-state index is 5.77. The van der Waals surface area contributed by atoms with E-state index in [0.717, 1.165) is 5.75 Å². The normalized spacial score (nSPS) is 12.5. The summed E-state index contributed by atoms with van der Waals surface area (Å²) in [6.45, 7) is 9.25. The quantitative estimate of drug-likeness (QED) is 0.603. The van der Waals surface area contributed by atoms with Gasteiger partial charge < -0.3 is 4.74 Å². The summed E-state index contributed by atoms with van der Waals surface area (Å²) in [7, 11) is 0. The van der Waals surface area contributed by atoms with Gasteiger partial charge in [0.25, 0.3) is 0 Å². The first-order valence-corrected chi connectivity index (χ1v) is 8.41. The van der Waals surface area contributed by atoms with E-state index in [1.54, 1.807) is 0 Å². The molecule has 2 rings (SSSR count). The van der Waals surface area contributed by atoms with E-state index in [9.17, 15) is 0 Å². The average Bonchev–Trinajstić information content (AvgIpc) is 2.48. The molecule has 0 amide bonds. The Morgan fingerprint density at radius 2 is 1.62 bits per heavy atom. The molecule has 0 N–H and O–H groups in total. The lowest BCUT2D eigenvalue weighted by Crippen LogP contribution is -2.01. The fraction of sp³-hybridized carbons (Fsp3) is 0.368. The third-order valence-electron chi connectivity index (χ3n) is 3.63. The van der Waals surface area contributed by atoms with Crippen LogP contribution in [0.25, 0.3) is 0 Å². The molecule has 0 radical (unpaired) electrons. The largest absolute Gasteiger partial charge is 0.494 e. The van der Waals surface area contributed by atoms with Crippen molar-refractivity contribution in [3.8, 4) is 5.75 Å². The Kier molecular flexibility index (Phi) is 5.46. The summed E-state index contributed by atoms with van der Waals surface area (Å²) in [6.07, 6.45) is 0. The molecule has 1 nitrogen and oxygen atoms in total. The van der Waals surface area contributed by atoms with Gasteiger partial charge >= 0.3 is 0 Å². The zero-order chi connectivity index (χ0) is 15.4. The molecule has 2 heteroatoms. The molecule has 2 aromatic carbocycles. The molecule has 21 heavy (non-hydrogen) atoms. The minimum Gasteiger partial charge on any atom is -0.494 e. The van der Waals surface area contributed by atoms with Gasteiger partial charge in [-0.15, -0.1) is 0 Å². The molecule has 0 fully saturated rings. The lowest BCUT2D eigenvalue weighted by molar-refractivity contribution is 0.337. The molecule has 2 aromatic rings. The second-order valence-electron chi connectivity index (χ2n) is 5.66. The van der Waals surface area contributed by atoms with Gasteiger partial charge in [0.05, 0.1) is 11.4 Å². The van der Waals surface area contributed by atoms with Crippen molar-refractivity contribution in [1.82, 2.24) is 0 Å². The molecule has 0 saturated heterocycles. The molecule has 1 unspecified atom stereocenters. The highest BCUT2D eigenvalue weighted by Gasteiger charge is 2.16. The molecule has 0 saturated carbocycles. The maximum Gasteiger partial charge on any atom is 0.123 e. The molecule has 0 bridgehead atoms. The molecule has 0 spiro atoms. The Balaban J connectivity index is 2.34. The van der Waals surface area contributed by atoms with Gasteiger partial charge in [-0.05, 0) is 37.0 Å². The van der Waals surface area contributed by atoms with E-state index >= 15 is 0 Å². The summed E-state index contributed by atoms with van der Waals surface area (Å²) in [5.41, 5.74) is 5.06. The Labute approximate surface area is 136 Å². The number of aryl methyl sites for hydroxylation is 1. The van der Waals surface area contributed by atoms with Crippen molar-refractivity contribution in [2.45, 2.75) is 38.4 Å². The van der Waals surface area contributed by atoms with Crippen molar-refractivity contribution >= 4 is 15.9 Å². The second-order valence-corrected chi connectivity index (χ2v) is 6.57. The standard InChI is InChI=1S/C19H23BrO/c1-5-21-18-11-6-14(4)12-17(18)19(20)16-9-7-15(8-10-16)13(2)3/h6-13,19H,5H2,1-4H3. The Hall–Kier alpha value is -1.28. The highest BCUT2D eigenvalue weighted by molar-refractivity contribution is 9.09. The topological polar surface area (TPSA) is 9.23 Å². The van der Waals surface area contributed by atoms with E-state index in [0.29, 0.717) is 12.5 Å². The minimum absolute atomic E-state index is 0.153. The van der Waals surface area contributed by atoms with E-state index in [2.05, 4.69) is 79.2 Å². The fourth-order valence-corrected chi connectivity index (χ4v) is 3.05. The molecule has 0 aliphatic heterocycles. The third-order valence-corrected chi connectivity index (χ3v) is 4.66. The van der Waals surface area contributed by atoms with Gasteiger partial charge in [-0.3, -0.25) is 0 Å². The van der Waals surface area contributed by atoms with Crippen molar-refractivity contribution in [3.63, 3.8) is 0 Å². The summed E-state index contributed by atoms with van der Waals surface area (Å²) < 4.78 is 5.77. The molecule has 0 aliphatic carbocycles. The van der Waals surface area contributed by atoms with Crippen molar-refractivity contribution in [3.05, 3.63) is 64.7 Å². The third kappa shape index (κ3) is 3.88. The van der Waals surface area contributed by atoms with Crippen LogP contribution in [0.5, 0.6) is 5.75 Å². The van der Waals surface area contributed by atoms with Crippen LogP contribution < -0.4 is 4.74 Å². The SMILES string of the molecule is CCOc1ccc(C)cc1C(Br)c1ccc(C(C)C)cc1. The van der Waals surface area contributed by atoms with Crippen LogP contribution in [0.2, 0.25) is 0 Å². The number of hydrogen-bond acceptors (Lipinski definition) is 1. The predicted octanol–water partition coefficient (Wildman–Crippen LogP) is 6.00. The molecule has 1 atom stereocenters. The molecule has 112 valence electrons. The van der Waals surface area contributed by atoms with Gasteiger partial charge in [0.15, 0.2) is 0 Å². The van der Waals surface area contributed by atoms with Gasteiger partial charge in [-0.25, -0.2) is 0 Å². The van der Waals surface area contributed by atoms with Crippen LogP contribution in [0.3, 0.4) is 0 Å². The van der Waals surface area contributed by atoms with Crippen LogP contribution in [0.1, 0.15) is 53.8 Å². The first-order chi connectivity index (χ1) is 10.0. The van der Waals surface area contributed by atoms with Crippen molar-refractivity contribution in [2.75, 3.05) is 6.61 Å². The number of halogens is 1. The summed E-state index contributed by atoms with van der Waals surface area (Å²) in [5, 5.41) is 0. The summed E-state index contributed by atoms with van der Waals surface area (Å²) in [5.74, 6) is 1.52. The smallest absolute Gasteiger partial charge is 0.123 e. The summed E-state index contributed by atoms with van der Waals surface area (Å²) in [4.78, 5) is 0.153. The number of benzene rings is 2. The van der Waals surface area contributed by atoms with Crippen molar-refractivity contribution in [1.29, 1.82) is 0 Å². The highest BCUT2D eigenvalue weighted by atomic mass is 79.9. The lowest BCUT2D eigenvalue weighted by atomic mass is 9.98. The summed E-state index contributed by atoms with van der Waals surface area (Å²) in [6, 6.07) is 15.2. The van der Waals surface area contributed by atoms with E-state index in [1.807, 2.05) is 6.92 Å². The van der Waals surface area contributed by atoms with Gasteiger partial charge in [0, 0.05) is 5.56 Å². The van der Waals surface area contributed by atoms with Gasteiger partial charge in [0.1, 0.15) is 5.75 Å². The van der Waals surface area contributed by atoms with Crippen molar-refractivity contribution < 1.29 is 4.74 Å². The molecular weight excluding hydrogens is 324 g/mol. The lowest BCUT2D eigenvalue weighted by Gasteiger charge is -2.17. The predicted molar refractivity (Wildman–Crippen MR) is 93.6 cm³/mol. The van der Waals surface area contributed by atoms with E-state index in [4.69, 9.17) is 4.74 Å². The van der Waals surface area contributed by atoms with Crippen LogP contribution in [0, 0.1) is 6.92 Å². The monoisotopic (exact) mass is 346 g/mol. The Bertz CT molecular complexity index is 587. The zero-order valence-electron chi connectivity index (χ0n) is 13.2. The molecule has 0 aromatic heterocycles. The molecular formula is C19H23BrO. The first kappa shape index (κ1) is 16.1. The number of rotatable bonds is 5. The zero-order valence-corrected chi connectivity index (χ0v) is 14.8. The van der Waals surface area contributed by atoms with Crippen LogP contribution in [0.4, 0.5) is 0 Å². The minimum atomic E-state index is 0.153. The van der Waals surface area contributed by atoms with Crippen molar-refractivity contribution in [2.24, 2.45) is 0 Å². The van der Waals surface area contributed by atoms with Crippen LogP contribution in [-0.4, -0.2) is 6.61 Å². The Morgan fingerprint density at radius 1 is 1.00 bits per heavy atom. The van der Waals surface area contributed by atoms with Gasteiger partial charge in [0.2, 0.25) is 0 Å². The molecule has 0 heterocycles. The Morgan fingerprint density at radius 3 is 2.19 bits per heavy atom. The maximum absolute atomic E-state index is 5.77. The van der Waals surface area contributed by atoms with E-state index in [1.165, 1.54) is 22.3 Å². The number of hydrogen-bond donors (Lipinski definition) is 0. The first-order valence-electron chi connectivity index (χ1n) is 7.50. The van der Waals surface area contributed by atoms with Crippen LogP contribution >= 0.6 is 15.9 Å². The second kappa shape index (κ2) is 7.13. The van der Waals surface area contributed by atoms with Crippen LogP contribution in [-0.2, 0) is 0 Å². The molecule has 0 aliphatic rings. The van der Waals surface area contributed by atoms with Gasteiger partial charge in [-0.1, -0.05) is 71.7 Å². The average molecular weight is 347 g/mol. The highest BCUT2D eigenvalue weighted by Crippen LogP contribution is 2.37. The van der Waals surface area contributed by atoms with Crippen LogP contribution in [0.15, 0.2) is 42.5 Å². The fourth-order valence-electron chi connectivity index (χ4n) is 2.38. The summed E-state index contributed by atoms with van der Waals surface area (Å²) >= 11 is 3.83. The number of ether oxygens (including phenoxy) is 1. The van der Waals surface area contributed by atoms with Gasteiger partial charge in [-0.2, -0.15) is 0 Å². The number of alkyl halides is 1.